The lowest BCUT2D eigenvalue weighted by Crippen LogP contribution is -2.36. The lowest BCUT2D eigenvalue weighted by molar-refractivity contribution is -0.123. The lowest BCUT2D eigenvalue weighted by Gasteiger charge is -2.14. The summed E-state index contributed by atoms with van der Waals surface area (Å²) < 4.78 is 6.42. The number of nitrogens with zero attached hydrogens (tertiary/aromatic N) is 2. The first-order valence-electron chi connectivity index (χ1n) is 7.48. The first-order valence-corrected chi connectivity index (χ1v) is 7.48. The zero-order chi connectivity index (χ0) is 17.1. The van der Waals surface area contributed by atoms with Crippen LogP contribution < -0.4 is 10.9 Å². The molecule has 1 atom stereocenters. The smallest absolute Gasteiger partial charge is 0.261 e. The van der Waals surface area contributed by atoms with E-state index in [0.717, 1.165) is 5.56 Å². The van der Waals surface area contributed by atoms with Crippen molar-refractivity contribution in [2.24, 2.45) is 0 Å². The summed E-state index contributed by atoms with van der Waals surface area (Å²) in [5, 5.41) is 12.5. The predicted octanol–water partition coefficient (Wildman–Crippen LogP) is 1.15. The summed E-state index contributed by atoms with van der Waals surface area (Å²) in [6, 6.07) is 8.02. The highest BCUT2D eigenvalue weighted by Crippen LogP contribution is 2.13. The summed E-state index contributed by atoms with van der Waals surface area (Å²) in [7, 11) is 0. The lowest BCUT2D eigenvalue weighted by atomic mass is 10.1. The highest BCUT2D eigenvalue weighted by atomic mass is 16.3. The Kier molecular flexibility index (Phi) is 4.43. The number of aryl methyl sites for hydroxylation is 1. The van der Waals surface area contributed by atoms with E-state index in [1.165, 1.54) is 17.2 Å². The molecule has 7 heteroatoms. The number of carbonyl (C=O) groups is 1. The van der Waals surface area contributed by atoms with Gasteiger partial charge in [0.1, 0.15) is 18.3 Å². The number of fused-ring (bicyclic) bond motifs is 1. The summed E-state index contributed by atoms with van der Waals surface area (Å²) in [6.07, 6.45) is 2.82. The van der Waals surface area contributed by atoms with Crippen LogP contribution in [0.1, 0.15) is 17.4 Å². The Hall–Kier alpha value is -2.93. The van der Waals surface area contributed by atoms with Gasteiger partial charge in [-0.3, -0.25) is 14.2 Å². The Morgan fingerprint density at radius 1 is 1.38 bits per heavy atom. The van der Waals surface area contributed by atoms with Crippen molar-refractivity contribution < 1.29 is 14.3 Å². The molecule has 0 aliphatic carbocycles. The molecule has 124 valence electrons. The molecule has 0 spiro atoms. The fourth-order valence-electron chi connectivity index (χ4n) is 2.54. The number of para-hydroxylation sites is 1. The van der Waals surface area contributed by atoms with E-state index in [-0.39, 0.29) is 18.7 Å². The maximum Gasteiger partial charge on any atom is 0.261 e. The van der Waals surface area contributed by atoms with E-state index >= 15 is 0 Å². The highest BCUT2D eigenvalue weighted by molar-refractivity contribution is 5.81. The quantitative estimate of drug-likeness (QED) is 0.732. The van der Waals surface area contributed by atoms with Gasteiger partial charge in [0.15, 0.2) is 0 Å². The Morgan fingerprint density at radius 2 is 2.21 bits per heavy atom. The van der Waals surface area contributed by atoms with Crippen LogP contribution in [0.3, 0.4) is 0 Å². The molecule has 0 saturated carbocycles. The molecule has 0 aliphatic rings. The average molecular weight is 327 g/mol. The van der Waals surface area contributed by atoms with Crippen LogP contribution in [0.5, 0.6) is 0 Å². The number of aliphatic hydroxyl groups is 1. The Labute approximate surface area is 137 Å². The third-order valence-corrected chi connectivity index (χ3v) is 3.77. The fourth-order valence-corrected chi connectivity index (χ4v) is 2.54. The summed E-state index contributed by atoms with van der Waals surface area (Å²) >= 11 is 0. The first-order chi connectivity index (χ1) is 11.6. The normalized spacial score (nSPS) is 12.2. The van der Waals surface area contributed by atoms with E-state index in [1.54, 1.807) is 24.3 Å². The number of nitrogens with one attached hydrogen (secondary N) is 1. The van der Waals surface area contributed by atoms with Crippen LogP contribution in [-0.2, 0) is 11.3 Å². The topological polar surface area (TPSA) is 97.4 Å². The van der Waals surface area contributed by atoms with Crippen molar-refractivity contribution in [3.63, 3.8) is 0 Å². The molecule has 0 saturated heterocycles. The molecule has 0 fully saturated rings. The van der Waals surface area contributed by atoms with Crippen LogP contribution in [0.2, 0.25) is 0 Å². The first kappa shape index (κ1) is 15.9. The molecule has 1 aromatic carbocycles. The van der Waals surface area contributed by atoms with Crippen LogP contribution in [0.15, 0.2) is 52.1 Å². The largest absolute Gasteiger partial charge is 0.467 e. The zero-order valence-corrected chi connectivity index (χ0v) is 13.1. The van der Waals surface area contributed by atoms with E-state index in [2.05, 4.69) is 10.3 Å². The number of hydrogen-bond donors (Lipinski definition) is 2. The van der Waals surface area contributed by atoms with Gasteiger partial charge in [-0.05, 0) is 30.7 Å². The van der Waals surface area contributed by atoms with Gasteiger partial charge in [0.2, 0.25) is 5.91 Å². The van der Waals surface area contributed by atoms with Crippen LogP contribution >= 0.6 is 0 Å². The molecule has 2 aromatic heterocycles. The van der Waals surface area contributed by atoms with E-state index in [0.29, 0.717) is 16.7 Å². The SMILES string of the molecule is Cc1cccc2c(=O)n(CC(=O)NC(CO)c3ccco3)cnc12. The van der Waals surface area contributed by atoms with Gasteiger partial charge < -0.3 is 14.8 Å². The minimum atomic E-state index is -0.654. The molecule has 0 bridgehead atoms. The van der Waals surface area contributed by atoms with Crippen molar-refractivity contribution in [2.45, 2.75) is 19.5 Å². The van der Waals surface area contributed by atoms with Crippen molar-refractivity contribution in [1.29, 1.82) is 0 Å². The Bertz CT molecular complexity index is 915. The van der Waals surface area contributed by atoms with Gasteiger partial charge in [-0.2, -0.15) is 0 Å². The maximum absolute atomic E-state index is 12.5. The van der Waals surface area contributed by atoms with Gasteiger partial charge in [0.25, 0.3) is 5.56 Å². The molecular formula is C17H17N3O4. The molecule has 3 aromatic rings. The summed E-state index contributed by atoms with van der Waals surface area (Å²) in [6.45, 7) is 1.39. The number of amides is 1. The molecule has 2 heterocycles. The molecule has 1 unspecified atom stereocenters. The molecule has 0 aliphatic heterocycles. The van der Waals surface area contributed by atoms with Crippen molar-refractivity contribution in [2.75, 3.05) is 6.61 Å². The van der Waals surface area contributed by atoms with Crippen LogP contribution in [0.4, 0.5) is 0 Å². The fraction of sp³-hybridized carbons (Fsp3) is 0.235. The van der Waals surface area contributed by atoms with E-state index in [4.69, 9.17) is 4.42 Å². The van der Waals surface area contributed by atoms with Crippen molar-refractivity contribution in [3.8, 4) is 0 Å². The van der Waals surface area contributed by atoms with Crippen molar-refractivity contribution in [3.05, 3.63) is 64.6 Å². The third kappa shape index (κ3) is 3.07. The van der Waals surface area contributed by atoms with Gasteiger partial charge in [0, 0.05) is 0 Å². The summed E-state index contributed by atoms with van der Waals surface area (Å²) in [5.41, 5.74) is 1.25. The van der Waals surface area contributed by atoms with Gasteiger partial charge >= 0.3 is 0 Å². The van der Waals surface area contributed by atoms with Crippen molar-refractivity contribution in [1.82, 2.24) is 14.9 Å². The van der Waals surface area contributed by atoms with Gasteiger partial charge in [-0.1, -0.05) is 12.1 Å². The van der Waals surface area contributed by atoms with E-state index in [1.807, 2.05) is 13.0 Å². The average Bonchev–Trinajstić information content (AvgIpc) is 3.10. The summed E-state index contributed by atoms with van der Waals surface area (Å²) in [5.74, 6) is 0.0341. The molecular weight excluding hydrogens is 310 g/mol. The van der Waals surface area contributed by atoms with E-state index < -0.39 is 11.9 Å². The molecule has 3 rings (SSSR count). The van der Waals surface area contributed by atoms with E-state index in [9.17, 15) is 14.7 Å². The Morgan fingerprint density at radius 3 is 2.92 bits per heavy atom. The number of hydrogen-bond acceptors (Lipinski definition) is 5. The number of benzene rings is 1. The van der Waals surface area contributed by atoms with Gasteiger partial charge in [0.05, 0.1) is 30.1 Å². The second-order valence-corrected chi connectivity index (χ2v) is 5.47. The molecule has 1 amide bonds. The summed E-state index contributed by atoms with van der Waals surface area (Å²) in [4.78, 5) is 28.9. The van der Waals surface area contributed by atoms with Crippen LogP contribution in [0, 0.1) is 6.92 Å². The molecule has 2 N–H and O–H groups in total. The maximum atomic E-state index is 12.5. The van der Waals surface area contributed by atoms with Crippen molar-refractivity contribution >= 4 is 16.8 Å². The second kappa shape index (κ2) is 6.67. The molecule has 0 radical (unpaired) electrons. The Balaban J connectivity index is 1.81. The number of rotatable bonds is 5. The third-order valence-electron chi connectivity index (χ3n) is 3.77. The number of carbonyl (C=O) groups excluding carboxylic acids is 1. The van der Waals surface area contributed by atoms with Crippen LogP contribution in [-0.4, -0.2) is 27.2 Å². The van der Waals surface area contributed by atoms with Gasteiger partial charge in [-0.15, -0.1) is 0 Å². The van der Waals surface area contributed by atoms with Crippen LogP contribution in [0.25, 0.3) is 10.9 Å². The molecule has 24 heavy (non-hydrogen) atoms. The minimum Gasteiger partial charge on any atom is -0.467 e. The zero-order valence-electron chi connectivity index (χ0n) is 13.1. The van der Waals surface area contributed by atoms with Gasteiger partial charge in [-0.25, -0.2) is 4.98 Å². The number of furan rings is 1. The minimum absolute atomic E-state index is 0.188. The second-order valence-electron chi connectivity index (χ2n) is 5.47. The monoisotopic (exact) mass is 327 g/mol. The number of aliphatic hydroxyl groups excluding tert-OH is 1. The molecule has 7 nitrogen and oxygen atoms in total. The highest BCUT2D eigenvalue weighted by Gasteiger charge is 2.17. The standard InChI is InChI=1S/C17H17N3O4/c1-11-4-2-5-12-16(11)18-10-20(17(12)23)8-15(22)19-13(9-21)14-6-3-7-24-14/h2-7,10,13,21H,8-9H2,1H3,(H,19,22). The number of aromatic nitrogens is 2. The predicted molar refractivity (Wildman–Crippen MR) is 87.4 cm³/mol.